The van der Waals surface area contributed by atoms with Crippen LogP contribution in [0.25, 0.3) is 0 Å². The topological polar surface area (TPSA) is 18.5 Å². The van der Waals surface area contributed by atoms with E-state index in [4.69, 9.17) is 6.15 Å². The van der Waals surface area contributed by atoms with Crippen molar-refractivity contribution in [3.05, 3.63) is 57.6 Å². The Labute approximate surface area is 184 Å². The van der Waals surface area contributed by atoms with Crippen LogP contribution in [-0.2, 0) is 12.8 Å². The Hall–Kier alpha value is -1.16. The van der Waals surface area contributed by atoms with Crippen molar-refractivity contribution in [1.29, 1.82) is 0 Å². The SMILES string of the molecule is CCCCc1ccc([O][Sn]([CH3])([CH3])[O]c2ccc(CCCC)c(C)c2C)c(C)c1C. The predicted octanol–water partition coefficient (Wildman–Crippen LogP) is 7.77. The van der Waals surface area contributed by atoms with Gasteiger partial charge in [-0.3, -0.25) is 0 Å². The molecule has 2 aromatic rings. The summed E-state index contributed by atoms with van der Waals surface area (Å²) >= 11 is -3.22. The molecule has 0 atom stereocenters. The molecule has 0 N–H and O–H groups in total. The van der Waals surface area contributed by atoms with Gasteiger partial charge in [0.25, 0.3) is 0 Å². The van der Waals surface area contributed by atoms with Crippen molar-refractivity contribution in [3.8, 4) is 11.5 Å². The molecule has 0 aliphatic heterocycles. The summed E-state index contributed by atoms with van der Waals surface area (Å²) in [5.41, 5.74) is 8.14. The third kappa shape index (κ3) is 6.41. The Kier molecular flexibility index (Phi) is 8.93. The van der Waals surface area contributed by atoms with Crippen LogP contribution in [0.2, 0.25) is 9.88 Å². The van der Waals surface area contributed by atoms with Gasteiger partial charge in [0.15, 0.2) is 0 Å². The first kappa shape index (κ1) is 24.1. The second-order valence-electron chi connectivity index (χ2n) is 8.76. The summed E-state index contributed by atoms with van der Waals surface area (Å²) in [5, 5.41) is 0. The fraction of sp³-hybridized carbons (Fsp3) is 0.538. The van der Waals surface area contributed by atoms with Crippen molar-refractivity contribution >= 4 is 19.2 Å². The summed E-state index contributed by atoms with van der Waals surface area (Å²) < 4.78 is 13.1. The van der Waals surface area contributed by atoms with E-state index in [1.165, 1.54) is 59.1 Å². The van der Waals surface area contributed by atoms with E-state index in [9.17, 15) is 0 Å². The fourth-order valence-corrected chi connectivity index (χ4v) is 8.16. The predicted molar refractivity (Wildman–Crippen MR) is 128 cm³/mol. The molecule has 0 bridgehead atoms. The molecule has 0 aromatic heterocycles. The van der Waals surface area contributed by atoms with E-state index in [0.29, 0.717) is 0 Å². The number of benzene rings is 2. The van der Waals surface area contributed by atoms with E-state index in [1.54, 1.807) is 0 Å². The Balaban J connectivity index is 2.18. The number of hydrogen-bond acceptors (Lipinski definition) is 2. The van der Waals surface area contributed by atoms with E-state index >= 15 is 0 Å². The molecule has 29 heavy (non-hydrogen) atoms. The van der Waals surface area contributed by atoms with E-state index in [1.807, 2.05) is 0 Å². The van der Waals surface area contributed by atoms with Gasteiger partial charge < -0.3 is 0 Å². The minimum absolute atomic E-state index is 0.998. The Morgan fingerprint density at radius 2 is 1.00 bits per heavy atom. The van der Waals surface area contributed by atoms with Gasteiger partial charge in [-0.15, -0.1) is 0 Å². The summed E-state index contributed by atoms with van der Waals surface area (Å²) in [4.78, 5) is 4.41. The van der Waals surface area contributed by atoms with Crippen LogP contribution in [0.5, 0.6) is 11.5 Å². The summed E-state index contributed by atoms with van der Waals surface area (Å²) in [5.74, 6) is 2.00. The molecule has 0 unspecified atom stereocenters. The molecular formula is C26H40O2Sn. The number of aryl methyl sites for hydroxylation is 2. The number of rotatable bonds is 10. The van der Waals surface area contributed by atoms with Gasteiger partial charge in [0.2, 0.25) is 0 Å². The van der Waals surface area contributed by atoms with Crippen LogP contribution in [0.1, 0.15) is 72.9 Å². The monoisotopic (exact) mass is 504 g/mol. The molecule has 0 radical (unpaired) electrons. The molecule has 0 aliphatic carbocycles. The van der Waals surface area contributed by atoms with Crippen LogP contribution >= 0.6 is 0 Å². The van der Waals surface area contributed by atoms with Crippen molar-refractivity contribution in [2.24, 2.45) is 0 Å². The number of hydrogen-bond donors (Lipinski definition) is 0. The summed E-state index contributed by atoms with van der Waals surface area (Å²) in [7, 11) is 0. The van der Waals surface area contributed by atoms with Crippen LogP contribution in [-0.4, -0.2) is 19.2 Å². The first-order valence-corrected chi connectivity index (χ1v) is 19.3. The molecule has 0 amide bonds. The zero-order valence-electron chi connectivity index (χ0n) is 19.9. The average Bonchev–Trinajstić information content (AvgIpc) is 2.68. The fourth-order valence-electron chi connectivity index (χ4n) is 3.75. The minimum atomic E-state index is -3.22. The normalized spacial score (nSPS) is 11.6. The van der Waals surface area contributed by atoms with Crippen molar-refractivity contribution in [1.82, 2.24) is 0 Å². The molecule has 0 aliphatic rings. The molecule has 0 saturated heterocycles. The third-order valence-corrected chi connectivity index (χ3v) is 10.1. The first-order chi connectivity index (χ1) is 13.7. The summed E-state index contributed by atoms with van der Waals surface area (Å²) in [6, 6.07) is 8.79. The van der Waals surface area contributed by atoms with Gasteiger partial charge in [0.1, 0.15) is 0 Å². The third-order valence-electron chi connectivity index (χ3n) is 6.01. The van der Waals surface area contributed by atoms with E-state index < -0.39 is 19.2 Å². The molecule has 2 aromatic carbocycles. The Morgan fingerprint density at radius 3 is 1.34 bits per heavy atom. The number of unbranched alkanes of at least 4 members (excludes halogenated alkanes) is 2. The maximum absolute atomic E-state index is 6.55. The van der Waals surface area contributed by atoms with Gasteiger partial charge >= 0.3 is 184 Å². The molecule has 3 heteroatoms. The Bertz CT molecular complexity index is 756. The molecule has 0 heterocycles. The molecule has 0 spiro atoms. The second-order valence-corrected chi connectivity index (χ2v) is 17.9. The van der Waals surface area contributed by atoms with Gasteiger partial charge in [0.05, 0.1) is 0 Å². The van der Waals surface area contributed by atoms with Gasteiger partial charge in [-0.2, -0.15) is 0 Å². The molecule has 2 rings (SSSR count). The zero-order chi connectivity index (χ0) is 21.6. The van der Waals surface area contributed by atoms with Gasteiger partial charge in [-0.1, -0.05) is 0 Å². The molecular weight excluding hydrogens is 463 g/mol. The quantitative estimate of drug-likeness (QED) is 0.309. The van der Waals surface area contributed by atoms with Crippen LogP contribution in [0.3, 0.4) is 0 Å². The van der Waals surface area contributed by atoms with E-state index in [2.05, 4.69) is 75.7 Å². The summed E-state index contributed by atoms with van der Waals surface area (Å²) in [6.45, 7) is 13.3. The van der Waals surface area contributed by atoms with Crippen LogP contribution in [0.4, 0.5) is 0 Å². The Morgan fingerprint density at radius 1 is 0.621 bits per heavy atom. The molecule has 2 nitrogen and oxygen atoms in total. The first-order valence-electron chi connectivity index (χ1n) is 11.3. The van der Waals surface area contributed by atoms with Gasteiger partial charge in [0, 0.05) is 0 Å². The van der Waals surface area contributed by atoms with Crippen LogP contribution in [0.15, 0.2) is 24.3 Å². The van der Waals surface area contributed by atoms with Crippen LogP contribution in [0, 0.1) is 27.7 Å². The summed E-state index contributed by atoms with van der Waals surface area (Å²) in [6.07, 6.45) is 7.22. The molecule has 160 valence electrons. The van der Waals surface area contributed by atoms with Crippen molar-refractivity contribution in [3.63, 3.8) is 0 Å². The van der Waals surface area contributed by atoms with E-state index in [0.717, 1.165) is 24.3 Å². The van der Waals surface area contributed by atoms with Crippen molar-refractivity contribution < 1.29 is 6.15 Å². The zero-order valence-corrected chi connectivity index (χ0v) is 22.7. The average molecular weight is 503 g/mol. The maximum atomic E-state index is 6.55. The van der Waals surface area contributed by atoms with Gasteiger partial charge in [-0.25, -0.2) is 0 Å². The van der Waals surface area contributed by atoms with E-state index in [-0.39, 0.29) is 0 Å². The van der Waals surface area contributed by atoms with Crippen molar-refractivity contribution in [2.75, 3.05) is 0 Å². The second kappa shape index (κ2) is 10.7. The molecule has 0 saturated carbocycles. The molecule has 0 fully saturated rings. The standard InChI is InChI=1S/2C12H18O.2CH3.Sn/c2*1-4-5-6-11-7-8-12(13)10(3)9(11)2;;;/h2*7-8,13H,4-6H2,1-3H3;2*1H3;/q;;;;+2/p-2. The van der Waals surface area contributed by atoms with Gasteiger partial charge in [-0.05, 0) is 0 Å². The van der Waals surface area contributed by atoms with Crippen LogP contribution < -0.4 is 6.15 Å². The van der Waals surface area contributed by atoms with Crippen molar-refractivity contribution in [2.45, 2.75) is 89.9 Å².